The molecule has 0 nitrogen and oxygen atoms in total. The lowest BCUT2D eigenvalue weighted by molar-refractivity contribution is -0.0898. The Morgan fingerprint density at radius 2 is 0.619 bits per heavy atom. The van der Waals surface area contributed by atoms with Crippen LogP contribution >= 0.6 is 0 Å². The van der Waals surface area contributed by atoms with E-state index in [0.29, 0.717) is 0 Å². The first kappa shape index (κ1) is 12.4. The summed E-state index contributed by atoms with van der Waals surface area (Å²) < 4.78 is 0. The average Bonchev–Trinajstić information content (AvgIpc) is 3.23. The highest BCUT2D eigenvalue weighted by atomic mass is 14.7. The third-order valence-electron chi connectivity index (χ3n) is 9.79. The van der Waals surface area contributed by atoms with Crippen molar-refractivity contribution in [2.24, 2.45) is 59.2 Å². The van der Waals surface area contributed by atoms with Crippen LogP contribution in [0.25, 0.3) is 0 Å². The zero-order chi connectivity index (χ0) is 13.6. The highest BCUT2D eigenvalue weighted by Crippen LogP contribution is 2.71. The average molecular weight is 284 g/mol. The smallest absolute Gasteiger partial charge is 0.0318 e. The second-order valence-corrected chi connectivity index (χ2v) is 9.84. The molecule has 21 heavy (non-hydrogen) atoms. The monoisotopic (exact) mass is 284 g/mol. The highest BCUT2D eigenvalue weighted by Gasteiger charge is 2.64. The van der Waals surface area contributed by atoms with Crippen molar-refractivity contribution in [2.75, 3.05) is 0 Å². The molecule has 0 aromatic carbocycles. The van der Waals surface area contributed by atoms with Gasteiger partial charge in [-0.1, -0.05) is 19.3 Å². The predicted molar refractivity (Wildman–Crippen MR) is 85.7 cm³/mol. The summed E-state index contributed by atoms with van der Waals surface area (Å²) in [7, 11) is 0. The first-order valence-electron chi connectivity index (χ1n) is 10.4. The van der Waals surface area contributed by atoms with E-state index < -0.39 is 0 Å². The standard InChI is InChI=1S/C21H32/c1-2-5-13-12(4-1)16-8-10-18-14-6-3-7-15(14)19-11-9-17(13)21(19)20(16)18/h12-21H,1-11H2/t12?,13?,14-,15+,16+,17-,18-,19+,20?,21?. The molecule has 0 radical (unpaired) electrons. The fraction of sp³-hybridized carbons (Fsp3) is 1.00. The van der Waals surface area contributed by atoms with Crippen LogP contribution in [0, 0.1) is 59.2 Å². The summed E-state index contributed by atoms with van der Waals surface area (Å²) in [4.78, 5) is 0. The molecule has 6 saturated carbocycles. The van der Waals surface area contributed by atoms with Crippen molar-refractivity contribution < 1.29 is 0 Å². The van der Waals surface area contributed by atoms with Crippen LogP contribution in [0.3, 0.4) is 0 Å². The van der Waals surface area contributed by atoms with Crippen LogP contribution < -0.4 is 0 Å². The first-order valence-corrected chi connectivity index (χ1v) is 10.4. The van der Waals surface area contributed by atoms with E-state index in [4.69, 9.17) is 0 Å². The zero-order valence-corrected chi connectivity index (χ0v) is 13.6. The van der Waals surface area contributed by atoms with Gasteiger partial charge in [-0.05, 0) is 111 Å². The Labute approximate surface area is 130 Å². The van der Waals surface area contributed by atoms with Gasteiger partial charge < -0.3 is 0 Å². The summed E-state index contributed by atoms with van der Waals surface area (Å²) in [5.41, 5.74) is 0. The molecule has 6 fully saturated rings. The second-order valence-electron chi connectivity index (χ2n) is 9.84. The number of hydrogen-bond donors (Lipinski definition) is 0. The fourth-order valence-electron chi connectivity index (χ4n) is 9.65. The maximum absolute atomic E-state index is 1.65. The van der Waals surface area contributed by atoms with E-state index in [0.717, 1.165) is 0 Å². The zero-order valence-electron chi connectivity index (χ0n) is 13.6. The summed E-state index contributed by atoms with van der Waals surface area (Å²) in [5, 5.41) is 0. The molecule has 0 amide bonds. The molecule has 0 aliphatic heterocycles. The molecular formula is C21H32. The fourth-order valence-corrected chi connectivity index (χ4v) is 9.65. The molecule has 6 rings (SSSR count). The Bertz CT molecular complexity index is 399. The Kier molecular flexibility index (Phi) is 2.54. The van der Waals surface area contributed by atoms with Gasteiger partial charge in [0.1, 0.15) is 0 Å². The van der Waals surface area contributed by atoms with Crippen molar-refractivity contribution >= 4 is 0 Å². The van der Waals surface area contributed by atoms with Crippen LogP contribution in [0.15, 0.2) is 0 Å². The lowest BCUT2D eigenvalue weighted by atomic mass is 9.48. The molecule has 0 N–H and O–H groups in total. The van der Waals surface area contributed by atoms with Crippen LogP contribution in [0.2, 0.25) is 0 Å². The molecule has 0 spiro atoms. The van der Waals surface area contributed by atoms with Crippen molar-refractivity contribution in [1.82, 2.24) is 0 Å². The van der Waals surface area contributed by atoms with Crippen LogP contribution in [0.1, 0.15) is 70.6 Å². The molecule has 0 bridgehead atoms. The van der Waals surface area contributed by atoms with Crippen LogP contribution in [-0.4, -0.2) is 0 Å². The lowest BCUT2D eigenvalue weighted by Crippen LogP contribution is -2.52. The van der Waals surface area contributed by atoms with Gasteiger partial charge in [0.2, 0.25) is 0 Å². The number of hydrogen-bond acceptors (Lipinski definition) is 0. The molecule has 0 aromatic rings. The third kappa shape index (κ3) is 1.44. The third-order valence-corrected chi connectivity index (χ3v) is 9.79. The highest BCUT2D eigenvalue weighted by molar-refractivity contribution is 5.13. The van der Waals surface area contributed by atoms with Gasteiger partial charge >= 0.3 is 0 Å². The van der Waals surface area contributed by atoms with Crippen molar-refractivity contribution in [3.8, 4) is 0 Å². The van der Waals surface area contributed by atoms with E-state index >= 15 is 0 Å². The second kappa shape index (κ2) is 4.30. The van der Waals surface area contributed by atoms with Gasteiger partial charge in [-0.25, -0.2) is 0 Å². The summed E-state index contributed by atoms with van der Waals surface area (Å²) in [6, 6.07) is 0. The summed E-state index contributed by atoms with van der Waals surface area (Å²) in [6.07, 6.45) is 17.8. The molecule has 6 aliphatic carbocycles. The summed E-state index contributed by atoms with van der Waals surface area (Å²) in [5.74, 6) is 12.0. The normalized spacial score (nSPS) is 64.0. The minimum atomic E-state index is 1.19. The number of rotatable bonds is 0. The molecule has 0 saturated heterocycles. The Hall–Kier alpha value is 0. The van der Waals surface area contributed by atoms with Crippen LogP contribution in [-0.2, 0) is 0 Å². The van der Waals surface area contributed by atoms with Crippen molar-refractivity contribution in [2.45, 2.75) is 70.6 Å². The Balaban J connectivity index is 1.45. The summed E-state index contributed by atoms with van der Waals surface area (Å²) in [6.45, 7) is 0. The topological polar surface area (TPSA) is 0 Å². The SMILES string of the molecule is C1CCC2C(C1)[C@H]1CC[C@@H]3C1C1[C@H]2CC[C@@H]1[C@@H]1CCC[C@@H]13. The van der Waals surface area contributed by atoms with E-state index in [-0.39, 0.29) is 0 Å². The minimum absolute atomic E-state index is 1.19. The van der Waals surface area contributed by atoms with Crippen LogP contribution in [0.4, 0.5) is 0 Å². The molecule has 10 atom stereocenters. The lowest BCUT2D eigenvalue weighted by Gasteiger charge is -2.57. The van der Waals surface area contributed by atoms with Gasteiger partial charge in [0.25, 0.3) is 0 Å². The maximum Gasteiger partial charge on any atom is -0.0318 e. The van der Waals surface area contributed by atoms with Crippen molar-refractivity contribution in [1.29, 1.82) is 0 Å². The van der Waals surface area contributed by atoms with Crippen molar-refractivity contribution in [3.05, 3.63) is 0 Å². The summed E-state index contributed by atoms with van der Waals surface area (Å²) >= 11 is 0. The Morgan fingerprint density at radius 1 is 0.286 bits per heavy atom. The maximum atomic E-state index is 1.65. The molecule has 6 aliphatic rings. The van der Waals surface area contributed by atoms with E-state index in [2.05, 4.69) is 0 Å². The minimum Gasteiger partial charge on any atom is -0.0530 e. The van der Waals surface area contributed by atoms with Gasteiger partial charge in [0, 0.05) is 0 Å². The van der Waals surface area contributed by atoms with Gasteiger partial charge in [-0.15, -0.1) is 0 Å². The van der Waals surface area contributed by atoms with Gasteiger partial charge in [-0.2, -0.15) is 0 Å². The number of fused-ring (bicyclic) bond motifs is 6. The molecule has 0 aromatic heterocycles. The van der Waals surface area contributed by atoms with E-state index in [1.165, 1.54) is 59.2 Å². The largest absolute Gasteiger partial charge is 0.0530 e. The van der Waals surface area contributed by atoms with Gasteiger partial charge in [0.05, 0.1) is 0 Å². The predicted octanol–water partition coefficient (Wildman–Crippen LogP) is 5.52. The molecule has 116 valence electrons. The van der Waals surface area contributed by atoms with Crippen LogP contribution in [0.5, 0.6) is 0 Å². The van der Waals surface area contributed by atoms with Gasteiger partial charge in [0.15, 0.2) is 0 Å². The Morgan fingerprint density at radius 3 is 1.00 bits per heavy atom. The molecule has 0 heterocycles. The van der Waals surface area contributed by atoms with E-state index in [1.807, 2.05) is 0 Å². The van der Waals surface area contributed by atoms with Crippen molar-refractivity contribution in [3.63, 3.8) is 0 Å². The molecule has 4 unspecified atom stereocenters. The van der Waals surface area contributed by atoms with E-state index in [9.17, 15) is 0 Å². The van der Waals surface area contributed by atoms with Gasteiger partial charge in [-0.3, -0.25) is 0 Å². The first-order chi connectivity index (χ1) is 10.4. The molecule has 0 heteroatoms. The van der Waals surface area contributed by atoms with E-state index in [1.54, 1.807) is 70.6 Å². The quantitative estimate of drug-likeness (QED) is 0.549. The molecular weight excluding hydrogens is 252 g/mol.